The van der Waals surface area contributed by atoms with Crippen molar-refractivity contribution >= 4 is 6.21 Å². The number of hydrogen-bond donors (Lipinski definition) is 0. The molecule has 1 heteroatoms. The molecule has 0 spiro atoms. The van der Waals surface area contributed by atoms with Gasteiger partial charge in [0.05, 0.1) is 6.04 Å². The Balaban J connectivity index is 2.02. The second-order valence-corrected chi connectivity index (χ2v) is 3.11. The Morgan fingerprint density at radius 2 is 2.40 bits per heavy atom. The van der Waals surface area contributed by atoms with E-state index in [2.05, 4.69) is 11.9 Å². The zero-order chi connectivity index (χ0) is 7.40. The average molecular weight is 139 g/mol. The zero-order valence-corrected chi connectivity index (χ0v) is 7.01. The molecule has 0 aromatic rings. The molecule has 0 amide bonds. The summed E-state index contributed by atoms with van der Waals surface area (Å²) >= 11 is 0. The van der Waals surface area contributed by atoms with Crippen molar-refractivity contribution in [3.63, 3.8) is 0 Å². The fourth-order valence-corrected chi connectivity index (χ4v) is 1.38. The van der Waals surface area contributed by atoms with Gasteiger partial charge in [-0.15, -0.1) is 0 Å². The highest BCUT2D eigenvalue weighted by Crippen LogP contribution is 2.37. The summed E-state index contributed by atoms with van der Waals surface area (Å²) in [4.78, 5) is 4.35. The molecule has 0 aromatic carbocycles. The Hall–Kier alpha value is -0.330. The molecule has 0 N–H and O–H groups in total. The zero-order valence-electron chi connectivity index (χ0n) is 7.01. The fourth-order valence-electron chi connectivity index (χ4n) is 1.38. The molecule has 10 heavy (non-hydrogen) atoms. The van der Waals surface area contributed by atoms with Crippen molar-refractivity contribution in [2.24, 2.45) is 10.9 Å². The van der Waals surface area contributed by atoms with E-state index in [1.165, 1.54) is 25.7 Å². The van der Waals surface area contributed by atoms with Crippen LogP contribution in [-0.4, -0.2) is 12.3 Å². The minimum absolute atomic E-state index is 0.705. The molecule has 1 aliphatic rings. The van der Waals surface area contributed by atoms with E-state index in [1.807, 2.05) is 13.1 Å². The second kappa shape index (κ2) is 3.75. The first-order valence-corrected chi connectivity index (χ1v) is 4.36. The maximum Gasteiger partial charge on any atom is 0.0527 e. The Morgan fingerprint density at radius 1 is 1.60 bits per heavy atom. The molecule has 58 valence electrons. The summed E-state index contributed by atoms with van der Waals surface area (Å²) in [5, 5.41) is 0. The largest absolute Gasteiger partial charge is 0.294 e. The lowest BCUT2D eigenvalue weighted by atomic mass is 10.2. The third-order valence-electron chi connectivity index (χ3n) is 2.15. The molecule has 0 bridgehead atoms. The van der Waals surface area contributed by atoms with E-state index < -0.39 is 0 Å². The summed E-state index contributed by atoms with van der Waals surface area (Å²) in [5.74, 6) is 0.941. The normalized spacial score (nSPS) is 31.4. The summed E-state index contributed by atoms with van der Waals surface area (Å²) < 4.78 is 0. The third-order valence-corrected chi connectivity index (χ3v) is 2.15. The molecule has 1 nitrogen and oxygen atoms in total. The van der Waals surface area contributed by atoms with Crippen molar-refractivity contribution < 1.29 is 0 Å². The van der Waals surface area contributed by atoms with E-state index in [1.54, 1.807) is 0 Å². The van der Waals surface area contributed by atoms with Crippen molar-refractivity contribution in [3.8, 4) is 0 Å². The third kappa shape index (κ3) is 2.13. The van der Waals surface area contributed by atoms with Crippen molar-refractivity contribution in [1.29, 1.82) is 0 Å². The van der Waals surface area contributed by atoms with Gasteiger partial charge in [-0.2, -0.15) is 0 Å². The minimum atomic E-state index is 0.705. The molecule has 1 saturated carbocycles. The molecular formula is C9H17N. The van der Waals surface area contributed by atoms with E-state index in [9.17, 15) is 0 Å². The van der Waals surface area contributed by atoms with Gasteiger partial charge in [-0.3, -0.25) is 4.99 Å². The first kappa shape index (κ1) is 7.77. The van der Waals surface area contributed by atoms with Crippen LogP contribution in [0, 0.1) is 5.92 Å². The van der Waals surface area contributed by atoms with E-state index >= 15 is 0 Å². The summed E-state index contributed by atoms with van der Waals surface area (Å²) in [6.45, 7) is 4.26. The molecule has 2 unspecified atom stereocenters. The van der Waals surface area contributed by atoms with Crippen molar-refractivity contribution in [3.05, 3.63) is 0 Å². The highest BCUT2D eigenvalue weighted by molar-refractivity contribution is 5.54. The van der Waals surface area contributed by atoms with Gasteiger partial charge in [0.25, 0.3) is 0 Å². The Kier molecular flexibility index (Phi) is 2.91. The van der Waals surface area contributed by atoms with Crippen molar-refractivity contribution in [1.82, 2.24) is 0 Å². The summed E-state index contributed by atoms with van der Waals surface area (Å²) in [5.41, 5.74) is 0. The SMILES string of the molecule is CC=NC1CC1CCCC. The summed E-state index contributed by atoms with van der Waals surface area (Å²) in [7, 11) is 0. The van der Waals surface area contributed by atoms with Crippen LogP contribution in [0.25, 0.3) is 0 Å². The quantitative estimate of drug-likeness (QED) is 0.531. The predicted molar refractivity (Wildman–Crippen MR) is 45.6 cm³/mol. The molecule has 1 aliphatic carbocycles. The maximum atomic E-state index is 4.35. The van der Waals surface area contributed by atoms with Crippen LogP contribution in [0.3, 0.4) is 0 Å². The molecule has 0 aliphatic heterocycles. The Morgan fingerprint density at radius 3 is 3.00 bits per heavy atom. The van der Waals surface area contributed by atoms with Crippen LogP contribution < -0.4 is 0 Å². The summed E-state index contributed by atoms with van der Waals surface area (Å²) in [6.07, 6.45) is 7.42. The monoisotopic (exact) mass is 139 g/mol. The van der Waals surface area contributed by atoms with Crippen LogP contribution in [0.15, 0.2) is 4.99 Å². The minimum Gasteiger partial charge on any atom is -0.294 e. The fraction of sp³-hybridized carbons (Fsp3) is 0.889. The van der Waals surface area contributed by atoms with E-state index in [-0.39, 0.29) is 0 Å². The van der Waals surface area contributed by atoms with Crippen molar-refractivity contribution in [2.45, 2.75) is 45.6 Å². The van der Waals surface area contributed by atoms with Crippen molar-refractivity contribution in [2.75, 3.05) is 0 Å². The molecule has 2 atom stereocenters. The van der Waals surface area contributed by atoms with E-state index in [0.717, 1.165) is 5.92 Å². The average Bonchev–Trinajstić information content (AvgIpc) is 2.65. The van der Waals surface area contributed by atoms with Crippen LogP contribution in [0.5, 0.6) is 0 Å². The number of nitrogens with zero attached hydrogens (tertiary/aromatic N) is 1. The lowest BCUT2D eigenvalue weighted by Gasteiger charge is -1.92. The van der Waals surface area contributed by atoms with E-state index in [0.29, 0.717) is 6.04 Å². The van der Waals surface area contributed by atoms with Gasteiger partial charge >= 0.3 is 0 Å². The maximum absolute atomic E-state index is 4.35. The molecule has 1 fully saturated rings. The molecule has 0 aromatic heterocycles. The van der Waals surface area contributed by atoms with Gasteiger partial charge in [0.2, 0.25) is 0 Å². The number of hydrogen-bond acceptors (Lipinski definition) is 1. The predicted octanol–water partition coefficient (Wildman–Crippen LogP) is 2.66. The van der Waals surface area contributed by atoms with Crippen LogP contribution in [-0.2, 0) is 0 Å². The van der Waals surface area contributed by atoms with Crippen LogP contribution in [0.4, 0.5) is 0 Å². The first-order valence-electron chi connectivity index (χ1n) is 4.36. The highest BCUT2D eigenvalue weighted by Gasteiger charge is 2.34. The first-order chi connectivity index (χ1) is 4.88. The molecule has 1 rings (SSSR count). The van der Waals surface area contributed by atoms with Crippen LogP contribution >= 0.6 is 0 Å². The van der Waals surface area contributed by atoms with Gasteiger partial charge < -0.3 is 0 Å². The van der Waals surface area contributed by atoms with Gasteiger partial charge in [-0.05, 0) is 31.9 Å². The van der Waals surface area contributed by atoms with Crippen LogP contribution in [0.2, 0.25) is 0 Å². The van der Waals surface area contributed by atoms with Gasteiger partial charge in [0, 0.05) is 0 Å². The topological polar surface area (TPSA) is 12.4 Å². The highest BCUT2D eigenvalue weighted by atomic mass is 14.8. The lowest BCUT2D eigenvalue weighted by Crippen LogP contribution is -1.84. The number of aliphatic imine (C=N–C) groups is 1. The molecule has 0 heterocycles. The van der Waals surface area contributed by atoms with Gasteiger partial charge in [-0.25, -0.2) is 0 Å². The number of rotatable bonds is 4. The van der Waals surface area contributed by atoms with E-state index in [4.69, 9.17) is 0 Å². The molecule has 0 radical (unpaired) electrons. The molecule has 0 saturated heterocycles. The lowest BCUT2D eigenvalue weighted by molar-refractivity contribution is 0.638. The molecular weight excluding hydrogens is 122 g/mol. The Bertz CT molecular complexity index is 118. The smallest absolute Gasteiger partial charge is 0.0527 e. The standard InChI is InChI=1S/C9H17N/c1-3-5-6-8-7-9(8)10-4-2/h4,8-9H,3,5-7H2,1-2H3. The van der Waals surface area contributed by atoms with Crippen LogP contribution in [0.1, 0.15) is 39.5 Å². The second-order valence-electron chi connectivity index (χ2n) is 3.11. The summed E-state index contributed by atoms with van der Waals surface area (Å²) in [6, 6.07) is 0.705. The van der Waals surface area contributed by atoms with Gasteiger partial charge in [0.15, 0.2) is 0 Å². The number of unbranched alkanes of at least 4 members (excludes halogenated alkanes) is 1. The van der Waals surface area contributed by atoms with Gasteiger partial charge in [0.1, 0.15) is 0 Å². The Labute approximate surface area is 63.5 Å². The van der Waals surface area contributed by atoms with Gasteiger partial charge in [-0.1, -0.05) is 19.8 Å².